The van der Waals surface area contributed by atoms with E-state index in [4.69, 9.17) is 0 Å². The third kappa shape index (κ3) is 4.72. The number of pyridine rings is 1. The Bertz CT molecular complexity index is 1100. The van der Waals surface area contributed by atoms with Crippen LogP contribution in [0.1, 0.15) is 45.9 Å². The molecule has 3 heterocycles. The van der Waals surface area contributed by atoms with Gasteiger partial charge < -0.3 is 9.77 Å². The van der Waals surface area contributed by atoms with Crippen molar-refractivity contribution in [3.05, 3.63) is 56.3 Å². The van der Waals surface area contributed by atoms with Crippen LogP contribution in [0.15, 0.2) is 39.0 Å². The molecule has 0 fully saturated rings. The van der Waals surface area contributed by atoms with Gasteiger partial charge in [0.25, 0.3) is 10.6 Å². The molecule has 156 valence electrons. The Morgan fingerprint density at radius 2 is 2.03 bits per heavy atom. The molecule has 3 aromatic rings. The molecule has 0 aliphatic heterocycles. The van der Waals surface area contributed by atoms with Gasteiger partial charge in [-0.05, 0) is 36.6 Å². The number of imidazole rings is 1. The van der Waals surface area contributed by atoms with Gasteiger partial charge in [0.2, 0.25) is 0 Å². The molecule has 0 bridgehead atoms. The van der Waals surface area contributed by atoms with Crippen LogP contribution in [-0.2, 0) is 18.8 Å². The summed E-state index contributed by atoms with van der Waals surface area (Å²) in [6.45, 7) is 7.44. The van der Waals surface area contributed by atoms with Crippen LogP contribution >= 0.6 is 11.8 Å². The molecule has 0 aliphatic rings. The Labute approximate surface area is 173 Å². The van der Waals surface area contributed by atoms with E-state index in [-0.39, 0.29) is 0 Å². The Morgan fingerprint density at radius 3 is 2.72 bits per heavy atom. The molecule has 9 heteroatoms. The summed E-state index contributed by atoms with van der Waals surface area (Å²) < 4.78 is 4.27. The van der Waals surface area contributed by atoms with E-state index in [1.165, 1.54) is 18.0 Å². The normalized spacial score (nSPS) is 11.6. The minimum Gasteiger partial charge on any atom is -0.618 e. The van der Waals surface area contributed by atoms with E-state index >= 15 is 0 Å². The fourth-order valence-corrected chi connectivity index (χ4v) is 4.00. The van der Waals surface area contributed by atoms with Gasteiger partial charge in [-0.3, -0.25) is 14.3 Å². The minimum absolute atomic E-state index is 0.413. The van der Waals surface area contributed by atoms with Crippen LogP contribution in [0.5, 0.6) is 0 Å². The van der Waals surface area contributed by atoms with E-state index in [1.807, 2.05) is 10.6 Å². The highest BCUT2D eigenvalue weighted by molar-refractivity contribution is 7.98. The van der Waals surface area contributed by atoms with Gasteiger partial charge in [-0.1, -0.05) is 27.2 Å². The van der Waals surface area contributed by atoms with Crippen molar-refractivity contribution in [3.8, 4) is 0 Å². The summed E-state index contributed by atoms with van der Waals surface area (Å²) in [5, 5.41) is 12.5. The van der Waals surface area contributed by atoms with E-state index < -0.39 is 11.2 Å². The third-order valence-electron chi connectivity index (χ3n) is 4.77. The van der Waals surface area contributed by atoms with Gasteiger partial charge in [0.05, 0.1) is 5.75 Å². The lowest BCUT2D eigenvalue weighted by Crippen LogP contribution is -2.31. The molecular formula is C20H27N5O3S. The molecule has 0 saturated carbocycles. The predicted molar refractivity (Wildman–Crippen MR) is 114 cm³/mol. The summed E-state index contributed by atoms with van der Waals surface area (Å²) in [7, 11) is 0. The van der Waals surface area contributed by atoms with Gasteiger partial charge in [-0.2, -0.15) is 4.73 Å². The van der Waals surface area contributed by atoms with Gasteiger partial charge in [0.15, 0.2) is 17.4 Å². The van der Waals surface area contributed by atoms with Crippen molar-refractivity contribution >= 4 is 22.9 Å². The number of nitrogens with one attached hydrogen (secondary N) is 1. The number of fused-ring (bicyclic) bond motifs is 1. The van der Waals surface area contributed by atoms with Gasteiger partial charge >= 0.3 is 5.69 Å². The SMILES string of the molecule is CCCCn1c(=O)[nH]c(=O)c2c1nc(CSc1cccc[n+]1[O-])n2CCC(C)C. The van der Waals surface area contributed by atoms with Crippen LogP contribution in [0.4, 0.5) is 0 Å². The first-order chi connectivity index (χ1) is 13.9. The molecular weight excluding hydrogens is 390 g/mol. The summed E-state index contributed by atoms with van der Waals surface area (Å²) in [5.41, 5.74) is 0.0163. The zero-order chi connectivity index (χ0) is 21.0. The van der Waals surface area contributed by atoms with Gasteiger partial charge in [0.1, 0.15) is 5.82 Å². The lowest BCUT2D eigenvalue weighted by molar-refractivity contribution is -0.645. The number of aryl methyl sites for hydroxylation is 2. The fourth-order valence-electron chi connectivity index (χ4n) is 3.14. The highest BCUT2D eigenvalue weighted by atomic mass is 32.2. The second kappa shape index (κ2) is 9.30. The molecule has 8 nitrogen and oxygen atoms in total. The van der Waals surface area contributed by atoms with Crippen molar-refractivity contribution in [2.75, 3.05) is 0 Å². The highest BCUT2D eigenvalue weighted by Gasteiger charge is 2.19. The lowest BCUT2D eigenvalue weighted by atomic mass is 10.1. The van der Waals surface area contributed by atoms with Crippen molar-refractivity contribution in [1.82, 2.24) is 19.1 Å². The second-order valence-corrected chi connectivity index (χ2v) is 8.45. The minimum atomic E-state index is -0.427. The zero-order valence-electron chi connectivity index (χ0n) is 17.1. The second-order valence-electron chi connectivity index (χ2n) is 7.45. The number of thioether (sulfide) groups is 1. The first-order valence-electron chi connectivity index (χ1n) is 9.95. The number of aromatic nitrogens is 5. The van der Waals surface area contributed by atoms with Crippen molar-refractivity contribution in [2.24, 2.45) is 5.92 Å². The topological polar surface area (TPSA) is 99.6 Å². The average molecular weight is 418 g/mol. The fraction of sp³-hybridized carbons (Fsp3) is 0.500. The molecule has 0 spiro atoms. The summed E-state index contributed by atoms with van der Waals surface area (Å²) in [4.78, 5) is 32.1. The summed E-state index contributed by atoms with van der Waals surface area (Å²) in [5.74, 6) is 1.58. The zero-order valence-corrected chi connectivity index (χ0v) is 17.9. The van der Waals surface area contributed by atoms with Crippen LogP contribution in [0.3, 0.4) is 0 Å². The lowest BCUT2D eigenvalue weighted by Gasteiger charge is -2.10. The molecule has 3 rings (SSSR count). The molecule has 0 unspecified atom stereocenters. The Morgan fingerprint density at radius 1 is 1.24 bits per heavy atom. The van der Waals surface area contributed by atoms with E-state index in [2.05, 4.69) is 30.7 Å². The molecule has 3 aromatic heterocycles. The number of rotatable bonds is 9. The van der Waals surface area contributed by atoms with Crippen molar-refractivity contribution in [2.45, 2.75) is 63.9 Å². The Balaban J connectivity index is 2.07. The van der Waals surface area contributed by atoms with Crippen LogP contribution in [0, 0.1) is 11.1 Å². The van der Waals surface area contributed by atoms with Gasteiger partial charge in [-0.15, -0.1) is 0 Å². The quantitative estimate of drug-likeness (QED) is 0.328. The van der Waals surface area contributed by atoms with E-state index in [1.54, 1.807) is 16.7 Å². The number of hydrogen-bond donors (Lipinski definition) is 1. The monoisotopic (exact) mass is 417 g/mol. The molecule has 0 saturated heterocycles. The number of H-pyrrole nitrogens is 1. The van der Waals surface area contributed by atoms with Crippen LogP contribution < -0.4 is 16.0 Å². The average Bonchev–Trinajstić information content (AvgIpc) is 3.04. The number of aromatic amines is 1. The van der Waals surface area contributed by atoms with Gasteiger partial charge in [0, 0.05) is 25.2 Å². The molecule has 0 amide bonds. The summed E-state index contributed by atoms with van der Waals surface area (Å²) in [6, 6.07) is 5.25. The number of nitrogens with zero attached hydrogens (tertiary/aromatic N) is 4. The first kappa shape index (κ1) is 21.2. The number of unbranched alkanes of at least 4 members (excludes halogenated alkanes) is 1. The summed E-state index contributed by atoms with van der Waals surface area (Å²) >= 11 is 1.37. The summed E-state index contributed by atoms with van der Waals surface area (Å²) in [6.07, 6.45) is 4.09. The molecule has 0 atom stereocenters. The molecule has 0 radical (unpaired) electrons. The largest absolute Gasteiger partial charge is 0.618 e. The van der Waals surface area contributed by atoms with Crippen LogP contribution in [0.2, 0.25) is 0 Å². The maximum atomic E-state index is 12.6. The maximum Gasteiger partial charge on any atom is 0.330 e. The Hall–Kier alpha value is -2.55. The van der Waals surface area contributed by atoms with Crippen LogP contribution in [-0.4, -0.2) is 19.1 Å². The van der Waals surface area contributed by atoms with Crippen molar-refractivity contribution < 1.29 is 4.73 Å². The van der Waals surface area contributed by atoms with Crippen molar-refractivity contribution in [1.29, 1.82) is 0 Å². The predicted octanol–water partition coefficient (Wildman–Crippen LogP) is 2.66. The molecule has 29 heavy (non-hydrogen) atoms. The maximum absolute atomic E-state index is 12.6. The highest BCUT2D eigenvalue weighted by Crippen LogP contribution is 2.22. The standard InChI is InChI=1S/C20H27N5O3S/c1-4-5-10-24-18-17(19(26)22-20(24)27)23(12-9-14(2)3)15(21-18)13-29-16-8-6-7-11-25(16)28/h6-8,11,14H,4-5,9-10,12-13H2,1-3H3,(H,22,26,27). The van der Waals surface area contributed by atoms with E-state index in [0.717, 1.165) is 24.0 Å². The first-order valence-corrected chi connectivity index (χ1v) is 10.9. The molecule has 1 N–H and O–H groups in total. The van der Waals surface area contributed by atoms with Gasteiger partial charge in [-0.25, -0.2) is 9.78 Å². The smallest absolute Gasteiger partial charge is 0.330 e. The molecule has 0 aliphatic carbocycles. The van der Waals surface area contributed by atoms with E-state index in [0.29, 0.717) is 46.8 Å². The third-order valence-corrected chi connectivity index (χ3v) is 5.78. The molecule has 0 aromatic carbocycles. The van der Waals surface area contributed by atoms with Crippen molar-refractivity contribution in [3.63, 3.8) is 0 Å². The number of hydrogen-bond acceptors (Lipinski definition) is 5. The Kier molecular flexibility index (Phi) is 6.79. The van der Waals surface area contributed by atoms with Crippen LogP contribution in [0.25, 0.3) is 11.2 Å². The van der Waals surface area contributed by atoms with E-state index in [9.17, 15) is 14.8 Å².